The molecule has 0 saturated heterocycles. The van der Waals surface area contributed by atoms with Crippen LogP contribution in [-0.4, -0.2) is 19.0 Å². The van der Waals surface area contributed by atoms with Gasteiger partial charge in [0.1, 0.15) is 0 Å². The Morgan fingerprint density at radius 1 is 1.24 bits per heavy atom. The second kappa shape index (κ2) is 7.07. The SMILES string of the molecule is CCNCCCC(=O)Nc1ccc(C)c(C)c1. The summed E-state index contributed by atoms with van der Waals surface area (Å²) in [6.45, 7) is 8.04. The van der Waals surface area contributed by atoms with Gasteiger partial charge in [-0.2, -0.15) is 0 Å². The van der Waals surface area contributed by atoms with Crippen molar-refractivity contribution in [1.29, 1.82) is 0 Å². The summed E-state index contributed by atoms with van der Waals surface area (Å²) < 4.78 is 0. The number of hydrogen-bond acceptors (Lipinski definition) is 2. The molecule has 1 aromatic carbocycles. The smallest absolute Gasteiger partial charge is 0.224 e. The lowest BCUT2D eigenvalue weighted by Gasteiger charge is -2.07. The highest BCUT2D eigenvalue weighted by molar-refractivity contribution is 5.90. The van der Waals surface area contributed by atoms with Gasteiger partial charge in [0.2, 0.25) is 5.91 Å². The van der Waals surface area contributed by atoms with E-state index in [1.165, 1.54) is 11.1 Å². The van der Waals surface area contributed by atoms with Gasteiger partial charge in [-0.3, -0.25) is 4.79 Å². The molecule has 0 spiro atoms. The molecule has 0 unspecified atom stereocenters. The zero-order valence-electron chi connectivity index (χ0n) is 11.0. The molecule has 1 aromatic rings. The van der Waals surface area contributed by atoms with Crippen molar-refractivity contribution < 1.29 is 4.79 Å². The number of carbonyl (C=O) groups excluding carboxylic acids is 1. The average Bonchev–Trinajstić information content (AvgIpc) is 2.30. The number of benzene rings is 1. The van der Waals surface area contributed by atoms with Crippen LogP contribution in [0.3, 0.4) is 0 Å². The van der Waals surface area contributed by atoms with Gasteiger partial charge in [-0.1, -0.05) is 13.0 Å². The van der Waals surface area contributed by atoms with Crippen molar-refractivity contribution in [2.75, 3.05) is 18.4 Å². The molecular weight excluding hydrogens is 212 g/mol. The standard InChI is InChI=1S/C14H22N2O/c1-4-15-9-5-6-14(17)16-13-8-7-11(2)12(3)10-13/h7-8,10,15H,4-6,9H2,1-3H3,(H,16,17). The molecule has 0 atom stereocenters. The molecule has 3 heteroatoms. The zero-order chi connectivity index (χ0) is 12.7. The second-order valence-corrected chi connectivity index (χ2v) is 4.30. The Bertz CT molecular complexity index is 374. The highest BCUT2D eigenvalue weighted by Crippen LogP contribution is 2.14. The Balaban J connectivity index is 2.37. The maximum atomic E-state index is 11.6. The van der Waals surface area contributed by atoms with Gasteiger partial charge in [0.05, 0.1) is 0 Å². The van der Waals surface area contributed by atoms with E-state index in [0.29, 0.717) is 6.42 Å². The summed E-state index contributed by atoms with van der Waals surface area (Å²) in [7, 11) is 0. The normalized spacial score (nSPS) is 10.3. The van der Waals surface area contributed by atoms with Crippen LogP contribution >= 0.6 is 0 Å². The third kappa shape index (κ3) is 5.00. The fraction of sp³-hybridized carbons (Fsp3) is 0.500. The van der Waals surface area contributed by atoms with Crippen LogP contribution in [0.25, 0.3) is 0 Å². The summed E-state index contributed by atoms with van der Waals surface area (Å²) in [6.07, 6.45) is 1.45. The number of carbonyl (C=O) groups is 1. The summed E-state index contributed by atoms with van der Waals surface area (Å²) in [6, 6.07) is 5.99. The maximum Gasteiger partial charge on any atom is 0.224 e. The van der Waals surface area contributed by atoms with Crippen LogP contribution in [-0.2, 0) is 4.79 Å². The molecule has 0 aliphatic rings. The van der Waals surface area contributed by atoms with Crippen LogP contribution in [0.4, 0.5) is 5.69 Å². The minimum absolute atomic E-state index is 0.0890. The van der Waals surface area contributed by atoms with Gasteiger partial charge in [0.15, 0.2) is 0 Å². The van der Waals surface area contributed by atoms with Crippen molar-refractivity contribution in [2.24, 2.45) is 0 Å². The lowest BCUT2D eigenvalue weighted by Crippen LogP contribution is -2.17. The van der Waals surface area contributed by atoms with Crippen molar-refractivity contribution in [1.82, 2.24) is 5.32 Å². The van der Waals surface area contributed by atoms with Crippen molar-refractivity contribution in [3.63, 3.8) is 0 Å². The number of rotatable bonds is 6. The summed E-state index contributed by atoms with van der Waals surface area (Å²) >= 11 is 0. The summed E-state index contributed by atoms with van der Waals surface area (Å²) in [5.74, 6) is 0.0890. The molecule has 0 heterocycles. The maximum absolute atomic E-state index is 11.6. The lowest BCUT2D eigenvalue weighted by molar-refractivity contribution is -0.116. The lowest BCUT2D eigenvalue weighted by atomic mass is 10.1. The predicted octanol–water partition coefficient (Wildman–Crippen LogP) is 2.63. The van der Waals surface area contributed by atoms with Crippen molar-refractivity contribution in [3.8, 4) is 0 Å². The van der Waals surface area contributed by atoms with Crippen molar-refractivity contribution in [2.45, 2.75) is 33.6 Å². The van der Waals surface area contributed by atoms with E-state index < -0.39 is 0 Å². The Labute approximate surface area is 104 Å². The van der Waals surface area contributed by atoms with Gasteiger partial charge < -0.3 is 10.6 Å². The molecule has 2 N–H and O–H groups in total. The van der Waals surface area contributed by atoms with E-state index in [4.69, 9.17) is 0 Å². The van der Waals surface area contributed by atoms with Gasteiger partial charge in [-0.05, 0) is 56.6 Å². The number of amides is 1. The molecule has 3 nitrogen and oxygen atoms in total. The van der Waals surface area contributed by atoms with E-state index >= 15 is 0 Å². The molecule has 0 aliphatic carbocycles. The highest BCUT2D eigenvalue weighted by Gasteiger charge is 2.02. The average molecular weight is 234 g/mol. The van der Waals surface area contributed by atoms with Gasteiger partial charge in [0, 0.05) is 12.1 Å². The first-order valence-electron chi connectivity index (χ1n) is 6.21. The van der Waals surface area contributed by atoms with Crippen LogP contribution in [0.5, 0.6) is 0 Å². The first-order chi connectivity index (χ1) is 8.13. The van der Waals surface area contributed by atoms with Crippen LogP contribution in [0.15, 0.2) is 18.2 Å². The van der Waals surface area contributed by atoms with E-state index in [9.17, 15) is 4.79 Å². The first kappa shape index (κ1) is 13.7. The number of nitrogens with one attached hydrogen (secondary N) is 2. The minimum atomic E-state index is 0.0890. The molecule has 0 fully saturated rings. The number of hydrogen-bond donors (Lipinski definition) is 2. The monoisotopic (exact) mass is 234 g/mol. The topological polar surface area (TPSA) is 41.1 Å². The molecular formula is C14H22N2O. The van der Waals surface area contributed by atoms with Crippen molar-refractivity contribution >= 4 is 11.6 Å². The van der Waals surface area contributed by atoms with E-state index in [1.807, 2.05) is 18.2 Å². The molecule has 0 saturated carbocycles. The van der Waals surface area contributed by atoms with Gasteiger partial charge in [-0.25, -0.2) is 0 Å². The molecule has 0 aliphatic heterocycles. The fourth-order valence-electron chi connectivity index (χ4n) is 1.59. The quantitative estimate of drug-likeness (QED) is 0.743. The molecule has 1 rings (SSSR count). The van der Waals surface area contributed by atoms with E-state index in [2.05, 4.69) is 31.4 Å². The van der Waals surface area contributed by atoms with Crippen LogP contribution in [0.2, 0.25) is 0 Å². The fourth-order valence-corrected chi connectivity index (χ4v) is 1.59. The Morgan fingerprint density at radius 2 is 2.00 bits per heavy atom. The minimum Gasteiger partial charge on any atom is -0.326 e. The van der Waals surface area contributed by atoms with Crippen LogP contribution < -0.4 is 10.6 Å². The number of aryl methyl sites for hydroxylation is 2. The van der Waals surface area contributed by atoms with Crippen LogP contribution in [0.1, 0.15) is 30.9 Å². The van der Waals surface area contributed by atoms with Gasteiger partial charge in [-0.15, -0.1) is 0 Å². The Hall–Kier alpha value is -1.35. The van der Waals surface area contributed by atoms with E-state index in [-0.39, 0.29) is 5.91 Å². The molecule has 94 valence electrons. The molecule has 17 heavy (non-hydrogen) atoms. The first-order valence-corrected chi connectivity index (χ1v) is 6.21. The third-order valence-electron chi connectivity index (χ3n) is 2.80. The molecule has 0 bridgehead atoms. The summed E-state index contributed by atoms with van der Waals surface area (Å²) in [4.78, 5) is 11.6. The van der Waals surface area contributed by atoms with Gasteiger partial charge in [0.25, 0.3) is 0 Å². The molecule has 0 radical (unpaired) electrons. The number of anilines is 1. The van der Waals surface area contributed by atoms with E-state index in [0.717, 1.165) is 25.2 Å². The Kier molecular flexibility index (Phi) is 5.70. The zero-order valence-corrected chi connectivity index (χ0v) is 11.0. The summed E-state index contributed by atoms with van der Waals surface area (Å²) in [5.41, 5.74) is 3.34. The summed E-state index contributed by atoms with van der Waals surface area (Å²) in [5, 5.41) is 6.12. The molecule has 0 aromatic heterocycles. The predicted molar refractivity (Wildman–Crippen MR) is 72.3 cm³/mol. The van der Waals surface area contributed by atoms with Crippen molar-refractivity contribution in [3.05, 3.63) is 29.3 Å². The highest BCUT2D eigenvalue weighted by atomic mass is 16.1. The van der Waals surface area contributed by atoms with E-state index in [1.54, 1.807) is 0 Å². The van der Waals surface area contributed by atoms with Crippen LogP contribution in [0, 0.1) is 13.8 Å². The molecule has 1 amide bonds. The third-order valence-corrected chi connectivity index (χ3v) is 2.80. The Morgan fingerprint density at radius 3 is 2.65 bits per heavy atom. The second-order valence-electron chi connectivity index (χ2n) is 4.30. The van der Waals surface area contributed by atoms with Gasteiger partial charge >= 0.3 is 0 Å². The largest absolute Gasteiger partial charge is 0.326 e.